The van der Waals surface area contributed by atoms with Crippen molar-refractivity contribution in [1.29, 1.82) is 0 Å². The van der Waals surface area contributed by atoms with Crippen LogP contribution in [0.2, 0.25) is 0 Å². The molecule has 0 unspecified atom stereocenters. The Hall–Kier alpha value is -0.830. The Labute approximate surface area is 72.4 Å². The van der Waals surface area contributed by atoms with Gasteiger partial charge in [0.15, 0.2) is 0 Å². The predicted octanol–water partition coefficient (Wildman–Crippen LogP) is 1.58. The number of hydrogen-bond donors (Lipinski definition) is 0. The van der Waals surface area contributed by atoms with Gasteiger partial charge in [-0.3, -0.25) is 4.90 Å². The van der Waals surface area contributed by atoms with E-state index in [-0.39, 0.29) is 0 Å². The summed E-state index contributed by atoms with van der Waals surface area (Å²) in [5.41, 5.74) is 0.976. The molecule has 3 nitrogen and oxygen atoms in total. The highest BCUT2D eigenvalue weighted by Crippen LogP contribution is 2.11. The van der Waals surface area contributed by atoms with Crippen LogP contribution in [-0.2, 0) is 6.54 Å². The summed E-state index contributed by atoms with van der Waals surface area (Å²) in [6.45, 7) is 5.23. The number of aryl methyl sites for hydroxylation is 1. The van der Waals surface area contributed by atoms with E-state index in [2.05, 4.69) is 9.88 Å². The molecule has 1 aliphatic heterocycles. The first kappa shape index (κ1) is 7.80. The van der Waals surface area contributed by atoms with Crippen molar-refractivity contribution in [1.82, 2.24) is 9.88 Å². The zero-order valence-electron chi connectivity index (χ0n) is 7.42. The summed E-state index contributed by atoms with van der Waals surface area (Å²) in [6.07, 6.45) is 4.35. The third-order valence-electron chi connectivity index (χ3n) is 2.22. The van der Waals surface area contributed by atoms with Crippen molar-refractivity contribution in [3.8, 4) is 0 Å². The maximum atomic E-state index is 5.27. The van der Waals surface area contributed by atoms with Crippen molar-refractivity contribution in [2.75, 3.05) is 13.1 Å². The summed E-state index contributed by atoms with van der Waals surface area (Å²) in [7, 11) is 0. The van der Waals surface area contributed by atoms with Gasteiger partial charge in [-0.2, -0.15) is 0 Å². The molecule has 1 saturated heterocycles. The highest BCUT2D eigenvalue weighted by atomic mass is 16.3. The minimum atomic E-state index is 0.856. The second-order valence-corrected chi connectivity index (χ2v) is 3.37. The molecule has 66 valence electrons. The summed E-state index contributed by atoms with van der Waals surface area (Å²) >= 11 is 0. The third kappa shape index (κ3) is 1.67. The van der Waals surface area contributed by atoms with Crippen LogP contribution in [0.1, 0.15) is 24.4 Å². The van der Waals surface area contributed by atoms with Crippen LogP contribution in [-0.4, -0.2) is 23.0 Å². The fourth-order valence-electron chi connectivity index (χ4n) is 1.61. The number of likely N-dealkylation sites (tertiary alicyclic amines) is 1. The molecule has 0 saturated carbocycles. The Balaban J connectivity index is 1.94. The first-order valence-electron chi connectivity index (χ1n) is 4.48. The number of nitrogens with zero attached hydrogens (tertiary/aromatic N) is 2. The molecule has 0 bridgehead atoms. The summed E-state index contributed by atoms with van der Waals surface area (Å²) in [5, 5.41) is 0. The molecule has 2 heterocycles. The van der Waals surface area contributed by atoms with Crippen LogP contribution in [0, 0.1) is 6.92 Å². The van der Waals surface area contributed by atoms with Crippen LogP contribution >= 0.6 is 0 Å². The molecule has 1 aromatic rings. The van der Waals surface area contributed by atoms with E-state index in [1.807, 2.05) is 6.92 Å². The van der Waals surface area contributed by atoms with Crippen LogP contribution in [0.25, 0.3) is 0 Å². The summed E-state index contributed by atoms with van der Waals surface area (Å²) < 4.78 is 5.27. The number of aromatic nitrogens is 1. The molecule has 0 aliphatic carbocycles. The Morgan fingerprint density at radius 3 is 2.83 bits per heavy atom. The van der Waals surface area contributed by atoms with Gasteiger partial charge in [0.1, 0.15) is 6.26 Å². The van der Waals surface area contributed by atoms with Crippen molar-refractivity contribution in [2.24, 2.45) is 0 Å². The standard InChI is InChI=1S/C9H14N2O/c1-8-7-12-9(10-8)6-11-4-2-3-5-11/h7H,2-6H2,1H3. The first-order chi connectivity index (χ1) is 5.84. The van der Waals surface area contributed by atoms with E-state index in [1.165, 1.54) is 25.9 Å². The summed E-state index contributed by atoms with van der Waals surface area (Å²) in [4.78, 5) is 6.65. The topological polar surface area (TPSA) is 29.3 Å². The van der Waals surface area contributed by atoms with Crippen molar-refractivity contribution in [3.05, 3.63) is 17.8 Å². The molecule has 0 spiro atoms. The van der Waals surface area contributed by atoms with Gasteiger partial charge < -0.3 is 4.42 Å². The third-order valence-corrected chi connectivity index (χ3v) is 2.22. The van der Waals surface area contributed by atoms with Crippen LogP contribution in [0.5, 0.6) is 0 Å². The normalized spacial score (nSPS) is 18.8. The van der Waals surface area contributed by atoms with Gasteiger partial charge in [-0.05, 0) is 32.9 Å². The number of oxazole rings is 1. The minimum Gasteiger partial charge on any atom is -0.447 e. The molecule has 0 N–H and O–H groups in total. The lowest BCUT2D eigenvalue weighted by Gasteiger charge is -2.10. The van der Waals surface area contributed by atoms with Crippen LogP contribution in [0.3, 0.4) is 0 Å². The van der Waals surface area contributed by atoms with Crippen LogP contribution in [0.4, 0.5) is 0 Å². The zero-order chi connectivity index (χ0) is 8.39. The van der Waals surface area contributed by atoms with Crippen molar-refractivity contribution in [3.63, 3.8) is 0 Å². The number of rotatable bonds is 2. The summed E-state index contributed by atoms with van der Waals surface area (Å²) in [5.74, 6) is 0.856. The van der Waals surface area contributed by atoms with E-state index in [1.54, 1.807) is 6.26 Å². The molecule has 0 atom stereocenters. The molecule has 0 aromatic carbocycles. The summed E-state index contributed by atoms with van der Waals surface area (Å²) in [6, 6.07) is 0. The fraction of sp³-hybridized carbons (Fsp3) is 0.667. The van der Waals surface area contributed by atoms with Gasteiger partial charge >= 0.3 is 0 Å². The van der Waals surface area contributed by atoms with E-state index < -0.39 is 0 Å². The Morgan fingerprint density at radius 2 is 2.25 bits per heavy atom. The fourth-order valence-corrected chi connectivity index (χ4v) is 1.61. The highest BCUT2D eigenvalue weighted by molar-refractivity contribution is 4.93. The largest absolute Gasteiger partial charge is 0.447 e. The molecule has 2 rings (SSSR count). The lowest BCUT2D eigenvalue weighted by atomic mass is 10.4. The van der Waals surface area contributed by atoms with E-state index in [9.17, 15) is 0 Å². The lowest BCUT2D eigenvalue weighted by molar-refractivity contribution is 0.291. The van der Waals surface area contributed by atoms with Gasteiger partial charge in [-0.25, -0.2) is 4.98 Å². The van der Waals surface area contributed by atoms with Crippen molar-refractivity contribution >= 4 is 0 Å². The van der Waals surface area contributed by atoms with Crippen molar-refractivity contribution < 1.29 is 4.42 Å². The molecule has 1 fully saturated rings. The average molecular weight is 166 g/mol. The maximum absolute atomic E-state index is 5.27. The van der Waals surface area contributed by atoms with Gasteiger partial charge in [-0.1, -0.05) is 0 Å². The Morgan fingerprint density at radius 1 is 1.50 bits per heavy atom. The second kappa shape index (κ2) is 3.27. The lowest BCUT2D eigenvalue weighted by Crippen LogP contribution is -2.18. The Bertz CT molecular complexity index is 251. The first-order valence-corrected chi connectivity index (χ1v) is 4.48. The monoisotopic (exact) mass is 166 g/mol. The molecule has 12 heavy (non-hydrogen) atoms. The van der Waals surface area contributed by atoms with Crippen LogP contribution in [0.15, 0.2) is 10.7 Å². The van der Waals surface area contributed by atoms with E-state index in [0.717, 1.165) is 18.1 Å². The van der Waals surface area contributed by atoms with Crippen molar-refractivity contribution in [2.45, 2.75) is 26.3 Å². The van der Waals surface area contributed by atoms with Crippen LogP contribution < -0.4 is 0 Å². The molecular formula is C9H14N2O. The minimum absolute atomic E-state index is 0.856. The second-order valence-electron chi connectivity index (χ2n) is 3.37. The van der Waals surface area contributed by atoms with E-state index in [4.69, 9.17) is 4.42 Å². The van der Waals surface area contributed by atoms with E-state index >= 15 is 0 Å². The van der Waals surface area contributed by atoms with Gasteiger partial charge in [0, 0.05) is 0 Å². The smallest absolute Gasteiger partial charge is 0.208 e. The maximum Gasteiger partial charge on any atom is 0.208 e. The van der Waals surface area contributed by atoms with Gasteiger partial charge in [0.2, 0.25) is 5.89 Å². The highest BCUT2D eigenvalue weighted by Gasteiger charge is 2.13. The molecule has 1 aliphatic rings. The zero-order valence-corrected chi connectivity index (χ0v) is 7.42. The molecular weight excluding hydrogens is 152 g/mol. The molecule has 3 heteroatoms. The molecule has 0 amide bonds. The van der Waals surface area contributed by atoms with Gasteiger partial charge in [-0.15, -0.1) is 0 Å². The number of hydrogen-bond acceptors (Lipinski definition) is 3. The Kier molecular flexibility index (Phi) is 2.13. The van der Waals surface area contributed by atoms with Gasteiger partial charge in [0.05, 0.1) is 12.2 Å². The predicted molar refractivity (Wildman–Crippen MR) is 45.8 cm³/mol. The van der Waals surface area contributed by atoms with Gasteiger partial charge in [0.25, 0.3) is 0 Å². The SMILES string of the molecule is Cc1coc(CN2CCCC2)n1. The van der Waals surface area contributed by atoms with E-state index in [0.29, 0.717) is 0 Å². The average Bonchev–Trinajstić information content (AvgIpc) is 2.63. The quantitative estimate of drug-likeness (QED) is 0.668. The molecule has 1 aromatic heterocycles. The molecule has 0 radical (unpaired) electrons.